The first-order valence-electron chi connectivity index (χ1n) is 6.38. The summed E-state index contributed by atoms with van der Waals surface area (Å²) in [4.78, 5) is 4.46. The molecule has 3 heteroatoms. The van der Waals surface area contributed by atoms with Gasteiger partial charge >= 0.3 is 5.65 Å². The quantitative estimate of drug-likeness (QED) is 0.615. The zero-order valence-corrected chi connectivity index (χ0v) is 12.5. The SMILES string of the molecule is Cc1cc(C)c(C)c(-c2ccc3scnc3[n+]2C)c1. The minimum absolute atomic E-state index is 1.06. The summed E-state index contributed by atoms with van der Waals surface area (Å²) in [7, 11) is 2.09. The first-order valence-corrected chi connectivity index (χ1v) is 7.26. The van der Waals surface area contributed by atoms with Crippen molar-refractivity contribution in [2.24, 2.45) is 7.05 Å². The molecule has 2 aromatic heterocycles. The van der Waals surface area contributed by atoms with Crippen LogP contribution in [-0.2, 0) is 7.05 Å². The monoisotopic (exact) mass is 269 g/mol. The molecular formula is C16H17N2S+. The lowest BCUT2D eigenvalue weighted by Crippen LogP contribution is -2.32. The van der Waals surface area contributed by atoms with Gasteiger partial charge in [-0.25, -0.2) is 4.57 Å². The number of hydrogen-bond donors (Lipinski definition) is 0. The van der Waals surface area contributed by atoms with E-state index in [0.717, 1.165) is 5.65 Å². The summed E-state index contributed by atoms with van der Waals surface area (Å²) in [5.74, 6) is 0. The molecule has 0 aliphatic carbocycles. The second-order valence-corrected chi connectivity index (χ2v) is 5.96. The van der Waals surface area contributed by atoms with Gasteiger partial charge in [0.1, 0.15) is 10.4 Å². The van der Waals surface area contributed by atoms with Gasteiger partial charge in [-0.15, -0.1) is 0 Å². The van der Waals surface area contributed by atoms with Crippen molar-refractivity contribution >= 4 is 21.7 Å². The summed E-state index contributed by atoms with van der Waals surface area (Å²) in [6, 6.07) is 8.86. The number of fused-ring (bicyclic) bond motifs is 1. The topological polar surface area (TPSA) is 16.8 Å². The van der Waals surface area contributed by atoms with Crippen LogP contribution in [0, 0.1) is 20.8 Å². The van der Waals surface area contributed by atoms with Gasteiger partial charge < -0.3 is 0 Å². The number of benzene rings is 1. The third-order valence-electron chi connectivity index (χ3n) is 3.73. The average Bonchev–Trinajstić information content (AvgIpc) is 2.84. The van der Waals surface area contributed by atoms with Crippen LogP contribution in [0.4, 0.5) is 0 Å². The van der Waals surface area contributed by atoms with E-state index in [1.54, 1.807) is 11.3 Å². The summed E-state index contributed by atoms with van der Waals surface area (Å²) >= 11 is 1.68. The van der Waals surface area contributed by atoms with E-state index in [1.165, 1.54) is 32.6 Å². The minimum Gasteiger partial charge on any atom is -0.225 e. The van der Waals surface area contributed by atoms with Crippen LogP contribution >= 0.6 is 11.3 Å². The predicted molar refractivity (Wildman–Crippen MR) is 80.4 cm³/mol. The van der Waals surface area contributed by atoms with E-state index in [9.17, 15) is 0 Å². The van der Waals surface area contributed by atoms with Gasteiger partial charge in [-0.05, 0) is 55.1 Å². The third kappa shape index (κ3) is 1.94. The summed E-state index contributed by atoms with van der Waals surface area (Å²) < 4.78 is 3.42. The van der Waals surface area contributed by atoms with Gasteiger partial charge in [-0.1, -0.05) is 23.0 Å². The van der Waals surface area contributed by atoms with Crippen molar-refractivity contribution in [1.82, 2.24) is 4.98 Å². The molecule has 3 aromatic rings. The van der Waals surface area contributed by atoms with E-state index in [-0.39, 0.29) is 0 Å². The second-order valence-electron chi connectivity index (χ2n) is 5.07. The molecule has 0 radical (unpaired) electrons. The molecule has 2 nitrogen and oxygen atoms in total. The second kappa shape index (κ2) is 4.42. The molecule has 2 heterocycles. The van der Waals surface area contributed by atoms with Gasteiger partial charge in [0, 0.05) is 5.56 Å². The van der Waals surface area contributed by atoms with Crippen LogP contribution in [0.25, 0.3) is 21.6 Å². The predicted octanol–water partition coefficient (Wildman–Crippen LogP) is 3.71. The molecule has 0 saturated heterocycles. The minimum atomic E-state index is 1.06. The van der Waals surface area contributed by atoms with Crippen molar-refractivity contribution in [2.45, 2.75) is 20.8 Å². The fraction of sp³-hybridized carbons (Fsp3) is 0.250. The molecule has 0 spiro atoms. The van der Waals surface area contributed by atoms with Gasteiger partial charge in [0.05, 0.1) is 7.05 Å². The molecule has 0 saturated carbocycles. The van der Waals surface area contributed by atoms with Gasteiger partial charge in [-0.2, -0.15) is 0 Å². The Morgan fingerprint density at radius 3 is 2.68 bits per heavy atom. The van der Waals surface area contributed by atoms with Crippen molar-refractivity contribution in [2.75, 3.05) is 0 Å². The first kappa shape index (κ1) is 12.3. The number of hydrogen-bond acceptors (Lipinski definition) is 2. The Kier molecular flexibility index (Phi) is 2.86. The van der Waals surface area contributed by atoms with E-state index in [0.29, 0.717) is 0 Å². The molecule has 0 aliphatic rings. The standard InChI is InChI=1S/C16H17N2S/c1-10-7-11(2)12(3)13(8-10)14-5-6-15-16(18(14)4)17-9-19-15/h5-9H,1-4H3/q+1. The van der Waals surface area contributed by atoms with E-state index >= 15 is 0 Å². The molecule has 3 rings (SSSR count). The van der Waals surface area contributed by atoms with Gasteiger partial charge in [0.25, 0.3) is 0 Å². The van der Waals surface area contributed by atoms with Crippen molar-refractivity contribution in [1.29, 1.82) is 0 Å². The molecule has 0 atom stereocenters. The molecule has 19 heavy (non-hydrogen) atoms. The van der Waals surface area contributed by atoms with Crippen LogP contribution in [0.15, 0.2) is 29.8 Å². The molecule has 0 fully saturated rings. The van der Waals surface area contributed by atoms with Crippen LogP contribution < -0.4 is 4.57 Å². The van der Waals surface area contributed by atoms with E-state index in [1.807, 2.05) is 5.51 Å². The van der Waals surface area contributed by atoms with Crippen molar-refractivity contribution < 1.29 is 4.57 Å². The van der Waals surface area contributed by atoms with Gasteiger partial charge in [0.15, 0.2) is 5.51 Å². The molecule has 0 amide bonds. The maximum Gasteiger partial charge on any atom is 0.341 e. The fourth-order valence-electron chi connectivity index (χ4n) is 2.57. The lowest BCUT2D eigenvalue weighted by Gasteiger charge is -2.11. The maximum atomic E-state index is 4.46. The third-order valence-corrected chi connectivity index (χ3v) is 4.52. The summed E-state index contributed by atoms with van der Waals surface area (Å²) in [6.45, 7) is 6.51. The Hall–Kier alpha value is -1.74. The summed E-state index contributed by atoms with van der Waals surface area (Å²) in [6.07, 6.45) is 0. The van der Waals surface area contributed by atoms with Crippen LogP contribution in [0.2, 0.25) is 0 Å². The van der Waals surface area contributed by atoms with Gasteiger partial charge in [0.2, 0.25) is 0 Å². The molecule has 0 aliphatic heterocycles. The van der Waals surface area contributed by atoms with Crippen molar-refractivity contribution in [3.63, 3.8) is 0 Å². The van der Waals surface area contributed by atoms with E-state index in [2.05, 4.69) is 61.6 Å². The van der Waals surface area contributed by atoms with Crippen LogP contribution in [-0.4, -0.2) is 4.98 Å². The largest absolute Gasteiger partial charge is 0.341 e. The molecule has 0 bridgehead atoms. The zero-order valence-electron chi connectivity index (χ0n) is 11.7. The van der Waals surface area contributed by atoms with E-state index < -0.39 is 0 Å². The molecule has 1 aromatic carbocycles. The maximum absolute atomic E-state index is 4.46. The van der Waals surface area contributed by atoms with Crippen LogP contribution in [0.5, 0.6) is 0 Å². The number of rotatable bonds is 1. The average molecular weight is 269 g/mol. The van der Waals surface area contributed by atoms with E-state index in [4.69, 9.17) is 0 Å². The summed E-state index contributed by atoms with van der Waals surface area (Å²) in [5.41, 5.74) is 9.47. The Bertz CT molecular complexity index is 772. The van der Waals surface area contributed by atoms with Crippen molar-refractivity contribution in [3.8, 4) is 11.3 Å². The number of pyridine rings is 1. The first-order chi connectivity index (χ1) is 9.08. The van der Waals surface area contributed by atoms with Crippen molar-refractivity contribution in [3.05, 3.63) is 46.5 Å². The highest BCUT2D eigenvalue weighted by Crippen LogP contribution is 2.26. The van der Waals surface area contributed by atoms with Crippen LogP contribution in [0.3, 0.4) is 0 Å². The number of aromatic nitrogens is 2. The Labute approximate surface area is 117 Å². The molecule has 96 valence electrons. The Balaban J connectivity index is 2.33. The highest BCUT2D eigenvalue weighted by molar-refractivity contribution is 7.16. The summed E-state index contributed by atoms with van der Waals surface area (Å²) in [5, 5.41) is 0. The highest BCUT2D eigenvalue weighted by atomic mass is 32.1. The smallest absolute Gasteiger partial charge is 0.225 e. The molecule has 0 unspecified atom stereocenters. The fourth-order valence-corrected chi connectivity index (χ4v) is 3.28. The molecule has 0 N–H and O–H groups in total. The van der Waals surface area contributed by atoms with Crippen LogP contribution in [0.1, 0.15) is 16.7 Å². The normalized spacial score (nSPS) is 11.2. The zero-order chi connectivity index (χ0) is 13.6. The lowest BCUT2D eigenvalue weighted by molar-refractivity contribution is -0.635. The number of thiazole rings is 1. The molecular weight excluding hydrogens is 252 g/mol. The highest BCUT2D eigenvalue weighted by Gasteiger charge is 2.16. The number of nitrogens with zero attached hydrogens (tertiary/aromatic N) is 2. The lowest BCUT2D eigenvalue weighted by atomic mass is 9.97. The Morgan fingerprint density at radius 1 is 1.11 bits per heavy atom. The van der Waals surface area contributed by atoms with Gasteiger partial charge in [-0.3, -0.25) is 0 Å². The Morgan fingerprint density at radius 2 is 1.89 bits per heavy atom. The number of aryl methyl sites for hydroxylation is 3.